The number of carbonyl (C=O) groups is 1. The van der Waals surface area contributed by atoms with Gasteiger partial charge in [0.1, 0.15) is 0 Å². The third kappa shape index (κ3) is 1.98. The van der Waals surface area contributed by atoms with Crippen LogP contribution in [0.15, 0.2) is 10.8 Å². The van der Waals surface area contributed by atoms with Crippen molar-refractivity contribution < 1.29 is 9.53 Å². The summed E-state index contributed by atoms with van der Waals surface area (Å²) >= 11 is 3.09. The van der Waals surface area contributed by atoms with Crippen molar-refractivity contribution in [1.29, 1.82) is 0 Å². The van der Waals surface area contributed by atoms with Crippen molar-refractivity contribution in [1.82, 2.24) is 9.97 Å². The van der Waals surface area contributed by atoms with Gasteiger partial charge in [0.15, 0.2) is 4.60 Å². The van der Waals surface area contributed by atoms with Crippen molar-refractivity contribution in [3.8, 4) is 5.88 Å². The molecule has 0 saturated heterocycles. The molecule has 1 aromatic heterocycles. The highest BCUT2D eigenvalue weighted by molar-refractivity contribution is 9.10. The molecule has 0 radical (unpaired) electrons. The molecule has 1 aromatic rings. The van der Waals surface area contributed by atoms with E-state index in [0.29, 0.717) is 11.1 Å². The minimum atomic E-state index is 0.186. The van der Waals surface area contributed by atoms with E-state index < -0.39 is 0 Å². The molecule has 0 unspecified atom stereocenters. The number of ether oxygens (including phenoxy) is 1. The fourth-order valence-corrected chi connectivity index (χ4v) is 1.04. The van der Waals surface area contributed by atoms with Gasteiger partial charge in [-0.05, 0) is 22.9 Å². The molecule has 0 saturated carbocycles. The summed E-state index contributed by atoms with van der Waals surface area (Å²) in [5.74, 6) is 0.186. The lowest BCUT2D eigenvalue weighted by Gasteiger charge is -1.98. The number of hydrogen-bond acceptors (Lipinski definition) is 4. The van der Waals surface area contributed by atoms with E-state index in [1.165, 1.54) is 6.20 Å². The lowest BCUT2D eigenvalue weighted by Crippen LogP contribution is -1.95. The molecule has 0 amide bonds. The van der Waals surface area contributed by atoms with Gasteiger partial charge in [-0.2, -0.15) is 0 Å². The van der Waals surface area contributed by atoms with Gasteiger partial charge in [-0.3, -0.25) is 4.79 Å². The molecule has 0 atom stereocenters. The van der Waals surface area contributed by atoms with Crippen LogP contribution in [0.3, 0.4) is 0 Å². The Hall–Kier alpha value is -0.970. The summed E-state index contributed by atoms with van der Waals surface area (Å²) < 4.78 is 4.93. The van der Waals surface area contributed by atoms with Crippen molar-refractivity contribution in [2.24, 2.45) is 0 Å². The van der Waals surface area contributed by atoms with Gasteiger partial charge >= 0.3 is 0 Å². The van der Waals surface area contributed by atoms with Gasteiger partial charge in [0.05, 0.1) is 11.9 Å². The first-order valence-electron chi connectivity index (χ1n) is 2.83. The Kier molecular flexibility index (Phi) is 2.53. The van der Waals surface area contributed by atoms with Gasteiger partial charge in [-0.15, -0.1) is 0 Å². The van der Waals surface area contributed by atoms with Gasteiger partial charge in [0.25, 0.3) is 12.4 Å². The Morgan fingerprint density at radius 3 is 3.00 bits per heavy atom. The fraction of sp³-hybridized carbons (Fsp3) is 0.167. The number of carbonyl (C=O) groups excluding carboxylic acids is 1. The van der Waals surface area contributed by atoms with E-state index >= 15 is 0 Å². The normalized spacial score (nSPS) is 9.27. The Morgan fingerprint density at radius 1 is 1.73 bits per heavy atom. The molecule has 0 spiro atoms. The fourth-order valence-electron chi connectivity index (χ4n) is 0.561. The maximum absolute atomic E-state index is 9.90. The highest BCUT2D eigenvalue weighted by Gasteiger charge is 2.02. The summed E-state index contributed by atoms with van der Waals surface area (Å²) in [7, 11) is 0. The van der Waals surface area contributed by atoms with Crippen molar-refractivity contribution >= 4 is 22.4 Å². The van der Waals surface area contributed by atoms with Gasteiger partial charge in [0, 0.05) is 0 Å². The summed E-state index contributed by atoms with van der Waals surface area (Å²) in [6, 6.07) is 0. The molecule has 11 heavy (non-hydrogen) atoms. The van der Waals surface area contributed by atoms with E-state index in [4.69, 9.17) is 0 Å². The highest BCUT2D eigenvalue weighted by Crippen LogP contribution is 2.18. The lowest BCUT2D eigenvalue weighted by atomic mass is 10.5. The van der Waals surface area contributed by atoms with Crippen LogP contribution in [0.1, 0.15) is 5.69 Å². The number of aromatic nitrogens is 2. The SMILES string of the molecule is Cc1cnc(OC=O)c(Br)n1. The average Bonchev–Trinajstić information content (AvgIpc) is 1.95. The number of nitrogens with zero attached hydrogens (tertiary/aromatic N) is 2. The minimum absolute atomic E-state index is 0.186. The Balaban J connectivity index is 2.98. The second-order valence-electron chi connectivity index (χ2n) is 1.82. The Bertz CT molecular complexity index is 277. The van der Waals surface area contributed by atoms with Crippen molar-refractivity contribution in [3.63, 3.8) is 0 Å². The topological polar surface area (TPSA) is 52.1 Å². The summed E-state index contributed by atoms with van der Waals surface area (Å²) in [5, 5.41) is 0. The van der Waals surface area contributed by atoms with Gasteiger partial charge < -0.3 is 4.74 Å². The summed E-state index contributed by atoms with van der Waals surface area (Å²) in [5.41, 5.74) is 0.759. The maximum Gasteiger partial charge on any atom is 0.299 e. The monoisotopic (exact) mass is 216 g/mol. The molecule has 0 N–H and O–H groups in total. The van der Waals surface area contributed by atoms with Gasteiger partial charge in [0.2, 0.25) is 0 Å². The highest BCUT2D eigenvalue weighted by atomic mass is 79.9. The molecule has 1 rings (SSSR count). The van der Waals surface area contributed by atoms with Crippen molar-refractivity contribution in [2.75, 3.05) is 0 Å². The molecular weight excluding hydrogens is 212 g/mol. The quantitative estimate of drug-likeness (QED) is 0.695. The zero-order chi connectivity index (χ0) is 8.27. The number of rotatable bonds is 2. The molecular formula is C6H5BrN2O2. The first-order chi connectivity index (χ1) is 5.24. The van der Waals surface area contributed by atoms with E-state index in [-0.39, 0.29) is 5.88 Å². The summed E-state index contributed by atoms with van der Waals surface area (Å²) in [6.45, 7) is 2.10. The molecule has 1 heterocycles. The predicted octanol–water partition coefficient (Wildman–Crippen LogP) is 1.08. The summed E-state index contributed by atoms with van der Waals surface area (Å²) in [6.07, 6.45) is 1.52. The van der Waals surface area contributed by atoms with E-state index in [0.717, 1.165) is 5.69 Å². The molecule has 4 nitrogen and oxygen atoms in total. The van der Waals surface area contributed by atoms with Crippen molar-refractivity contribution in [3.05, 3.63) is 16.5 Å². The number of aryl methyl sites for hydroxylation is 1. The molecule has 58 valence electrons. The van der Waals surface area contributed by atoms with Crippen LogP contribution in [-0.2, 0) is 4.79 Å². The number of halogens is 1. The molecule has 0 aliphatic carbocycles. The van der Waals surface area contributed by atoms with E-state index in [2.05, 4.69) is 30.6 Å². The Morgan fingerprint density at radius 2 is 2.45 bits per heavy atom. The van der Waals surface area contributed by atoms with Crippen LogP contribution in [0.4, 0.5) is 0 Å². The van der Waals surface area contributed by atoms with Crippen LogP contribution in [0.5, 0.6) is 5.88 Å². The first kappa shape index (κ1) is 8.13. The molecule has 0 fully saturated rings. The maximum atomic E-state index is 9.90. The van der Waals surface area contributed by atoms with Crippen molar-refractivity contribution in [2.45, 2.75) is 6.92 Å². The summed E-state index contributed by atoms with van der Waals surface area (Å²) in [4.78, 5) is 17.7. The smallest absolute Gasteiger partial charge is 0.299 e. The average molecular weight is 217 g/mol. The van der Waals surface area contributed by atoms with Crippen LogP contribution in [0.2, 0.25) is 0 Å². The van der Waals surface area contributed by atoms with Gasteiger partial charge in [-0.1, -0.05) is 0 Å². The second kappa shape index (κ2) is 3.43. The van der Waals surface area contributed by atoms with Crippen LogP contribution in [0, 0.1) is 6.92 Å². The molecule has 5 heteroatoms. The van der Waals surface area contributed by atoms with Crippen LogP contribution >= 0.6 is 15.9 Å². The molecule has 0 aliphatic heterocycles. The second-order valence-corrected chi connectivity index (χ2v) is 2.57. The van der Waals surface area contributed by atoms with E-state index in [1.54, 1.807) is 6.92 Å². The minimum Gasteiger partial charge on any atom is -0.407 e. The van der Waals surface area contributed by atoms with Gasteiger partial charge in [-0.25, -0.2) is 9.97 Å². The molecule has 0 bridgehead atoms. The Labute approximate surface area is 71.7 Å². The van der Waals surface area contributed by atoms with Crippen LogP contribution in [-0.4, -0.2) is 16.4 Å². The number of hydrogen-bond donors (Lipinski definition) is 0. The third-order valence-corrected chi connectivity index (χ3v) is 1.50. The third-order valence-electron chi connectivity index (χ3n) is 0.979. The van der Waals surface area contributed by atoms with Crippen LogP contribution < -0.4 is 4.74 Å². The lowest BCUT2D eigenvalue weighted by molar-refractivity contribution is -0.121. The zero-order valence-corrected chi connectivity index (χ0v) is 7.33. The largest absolute Gasteiger partial charge is 0.407 e. The zero-order valence-electron chi connectivity index (χ0n) is 5.74. The first-order valence-corrected chi connectivity index (χ1v) is 3.63. The molecule has 0 aromatic carbocycles. The van der Waals surface area contributed by atoms with Crippen LogP contribution in [0.25, 0.3) is 0 Å². The van der Waals surface area contributed by atoms with E-state index in [1.807, 2.05) is 0 Å². The van der Waals surface area contributed by atoms with E-state index in [9.17, 15) is 4.79 Å². The predicted molar refractivity (Wildman–Crippen MR) is 41.2 cm³/mol. The molecule has 0 aliphatic rings. The standard InChI is InChI=1S/C6H5BrN2O2/c1-4-2-8-6(11-3-10)5(7)9-4/h2-3H,1H3.